The molecule has 0 bridgehead atoms. The van der Waals surface area contributed by atoms with Crippen LogP contribution in [0.3, 0.4) is 0 Å². The van der Waals surface area contributed by atoms with Crippen LogP contribution in [0.15, 0.2) is 60.7 Å². The van der Waals surface area contributed by atoms with Crippen molar-refractivity contribution in [1.29, 1.82) is 0 Å². The second-order valence-electron chi connectivity index (χ2n) is 8.33. The molecule has 0 spiro atoms. The van der Waals surface area contributed by atoms with Gasteiger partial charge in [0.1, 0.15) is 5.75 Å². The number of hydrogen-bond donors (Lipinski definition) is 0. The molecular formula is C28H23F4NO7. The summed E-state index contributed by atoms with van der Waals surface area (Å²) in [5, 5.41) is 13.3. The van der Waals surface area contributed by atoms with Gasteiger partial charge in [-0.05, 0) is 41.8 Å². The summed E-state index contributed by atoms with van der Waals surface area (Å²) in [5.74, 6) is -1.16. The molecule has 1 heterocycles. The molecule has 12 heteroatoms. The van der Waals surface area contributed by atoms with Gasteiger partial charge >= 0.3 is 12.5 Å². The van der Waals surface area contributed by atoms with Gasteiger partial charge in [-0.25, -0.2) is 9.18 Å². The Morgan fingerprint density at radius 1 is 0.950 bits per heavy atom. The van der Waals surface area contributed by atoms with Gasteiger partial charge in [-0.2, -0.15) is 4.73 Å². The maximum Gasteiger partial charge on any atom is 0.573 e. The monoisotopic (exact) mass is 561 g/mol. The summed E-state index contributed by atoms with van der Waals surface area (Å²) in [6.45, 7) is 2.65. The summed E-state index contributed by atoms with van der Waals surface area (Å²) >= 11 is 0. The summed E-state index contributed by atoms with van der Waals surface area (Å²) in [6, 6.07) is 14.4. The first-order valence-corrected chi connectivity index (χ1v) is 11.8. The Hall–Kier alpha value is -4.74. The van der Waals surface area contributed by atoms with Crippen molar-refractivity contribution in [1.82, 2.24) is 0 Å². The van der Waals surface area contributed by atoms with Gasteiger partial charge in [-0.3, -0.25) is 0 Å². The Morgan fingerprint density at radius 2 is 1.55 bits per heavy atom. The number of hydrogen-bond acceptors (Lipinski definition) is 7. The second-order valence-corrected chi connectivity index (χ2v) is 8.33. The summed E-state index contributed by atoms with van der Waals surface area (Å²) < 4.78 is 77.0. The second kappa shape index (κ2) is 11.6. The van der Waals surface area contributed by atoms with Crippen LogP contribution in [-0.2, 0) is 9.47 Å². The predicted octanol–water partition coefficient (Wildman–Crippen LogP) is 6.67. The third-order valence-electron chi connectivity index (χ3n) is 5.86. The molecule has 40 heavy (non-hydrogen) atoms. The van der Waals surface area contributed by atoms with Crippen LogP contribution in [0.4, 0.5) is 22.4 Å². The zero-order valence-electron chi connectivity index (χ0n) is 21.5. The molecule has 1 aromatic heterocycles. The number of pyridine rings is 1. The van der Waals surface area contributed by atoms with Crippen molar-refractivity contribution >= 4 is 17.1 Å². The van der Waals surface area contributed by atoms with Crippen LogP contribution in [0.25, 0.3) is 33.2 Å². The average Bonchev–Trinajstić information content (AvgIpc) is 2.91. The minimum atomic E-state index is -4.80. The Bertz CT molecular complexity index is 1520. The van der Waals surface area contributed by atoms with E-state index in [4.69, 9.17) is 18.9 Å². The van der Waals surface area contributed by atoms with E-state index in [0.717, 1.165) is 6.07 Å². The molecule has 0 unspecified atom stereocenters. The molecule has 0 atom stereocenters. The fourth-order valence-electron chi connectivity index (χ4n) is 4.09. The Balaban J connectivity index is 1.76. The summed E-state index contributed by atoms with van der Waals surface area (Å²) in [4.78, 5) is 11.7. The Morgan fingerprint density at radius 3 is 2.12 bits per heavy atom. The number of carbonyl (C=O) groups is 1. The number of alkyl halides is 3. The molecule has 4 rings (SSSR count). The first kappa shape index (κ1) is 28.3. The van der Waals surface area contributed by atoms with Gasteiger partial charge in [-0.15, -0.1) is 13.2 Å². The molecule has 0 saturated heterocycles. The minimum absolute atomic E-state index is 0.0587. The minimum Gasteiger partial charge on any atom is -0.618 e. The van der Waals surface area contributed by atoms with Gasteiger partial charge in [0.15, 0.2) is 17.3 Å². The van der Waals surface area contributed by atoms with E-state index in [1.807, 2.05) is 0 Å². The third kappa shape index (κ3) is 6.11. The molecule has 0 N–H and O–H groups in total. The molecule has 0 aliphatic heterocycles. The van der Waals surface area contributed by atoms with E-state index in [1.165, 1.54) is 37.4 Å². The van der Waals surface area contributed by atoms with Crippen LogP contribution in [0, 0.1) is 17.9 Å². The number of methoxy groups -OCH3 is 1. The van der Waals surface area contributed by atoms with E-state index in [1.54, 1.807) is 38.1 Å². The van der Waals surface area contributed by atoms with Gasteiger partial charge in [0.05, 0.1) is 30.7 Å². The van der Waals surface area contributed by atoms with E-state index in [-0.39, 0.29) is 40.5 Å². The molecule has 0 radical (unpaired) electrons. The number of fused-ring (bicyclic) bond motifs is 1. The fraction of sp³-hybridized carbons (Fsp3) is 0.214. The summed E-state index contributed by atoms with van der Waals surface area (Å²) in [6.07, 6.45) is -5.77. The van der Waals surface area contributed by atoms with Crippen molar-refractivity contribution < 1.29 is 50.8 Å². The highest BCUT2D eigenvalue weighted by Crippen LogP contribution is 2.40. The lowest BCUT2D eigenvalue weighted by Gasteiger charge is -2.18. The lowest BCUT2D eigenvalue weighted by molar-refractivity contribution is -0.583. The number of benzene rings is 3. The Kier molecular flexibility index (Phi) is 8.17. The molecule has 3 aromatic carbocycles. The first-order valence-electron chi connectivity index (χ1n) is 11.8. The molecular weight excluding hydrogens is 538 g/mol. The fourth-order valence-corrected chi connectivity index (χ4v) is 4.09. The topological polar surface area (TPSA) is 90.2 Å². The molecule has 8 nitrogen and oxygen atoms in total. The van der Waals surface area contributed by atoms with E-state index in [2.05, 4.69) is 4.74 Å². The van der Waals surface area contributed by atoms with Crippen molar-refractivity contribution in [3.63, 3.8) is 0 Å². The number of rotatable bonds is 8. The quantitative estimate of drug-likeness (QED) is 0.0780. The van der Waals surface area contributed by atoms with Crippen LogP contribution < -0.4 is 18.9 Å². The maximum absolute atomic E-state index is 14.7. The van der Waals surface area contributed by atoms with Crippen molar-refractivity contribution in [2.24, 2.45) is 0 Å². The van der Waals surface area contributed by atoms with Crippen molar-refractivity contribution in [2.75, 3.05) is 20.5 Å². The summed E-state index contributed by atoms with van der Waals surface area (Å²) in [5.41, 5.74) is 2.35. The number of halogens is 4. The first-order chi connectivity index (χ1) is 19.0. The molecule has 4 aromatic rings. The van der Waals surface area contributed by atoms with Gasteiger partial charge in [0.2, 0.25) is 18.0 Å². The highest BCUT2D eigenvalue weighted by atomic mass is 19.4. The molecule has 0 fully saturated rings. The SMILES string of the molecule is CCOC(=O)OCOc1c(-c2ccc(-c3ccc(OC(F)(F)F)cc3)cc2)c(C)[n+]([O-])c2cc(OC)c(F)cc12. The lowest BCUT2D eigenvalue weighted by Crippen LogP contribution is -2.32. The highest BCUT2D eigenvalue weighted by Gasteiger charge is 2.31. The van der Waals surface area contributed by atoms with Gasteiger partial charge in [0.25, 0.3) is 0 Å². The van der Waals surface area contributed by atoms with Crippen molar-refractivity contribution in [3.8, 4) is 39.5 Å². The number of aromatic nitrogens is 1. The normalized spacial score (nSPS) is 11.3. The average molecular weight is 561 g/mol. The molecule has 0 aliphatic carbocycles. The van der Waals surface area contributed by atoms with Crippen LogP contribution in [0.1, 0.15) is 12.6 Å². The largest absolute Gasteiger partial charge is 0.618 e. The number of ether oxygens (including phenoxy) is 5. The molecule has 0 amide bonds. The predicted molar refractivity (Wildman–Crippen MR) is 135 cm³/mol. The van der Waals surface area contributed by atoms with Crippen LogP contribution in [0.2, 0.25) is 0 Å². The van der Waals surface area contributed by atoms with Gasteiger partial charge < -0.3 is 28.9 Å². The van der Waals surface area contributed by atoms with Gasteiger partial charge in [-0.1, -0.05) is 36.4 Å². The molecule has 210 valence electrons. The van der Waals surface area contributed by atoms with Crippen molar-refractivity contribution in [3.05, 3.63) is 77.4 Å². The molecule has 0 aliphatic rings. The standard InChI is InChI=1S/C28H23F4NO7/c1-4-37-27(34)39-15-38-26-21-13-22(29)24(36-3)14-23(21)33(35)16(2)25(26)19-7-5-17(6-8-19)18-9-11-20(12-10-18)40-28(30,31)32/h5-14H,4,15H2,1-3H3. The third-order valence-corrected chi connectivity index (χ3v) is 5.86. The van der Waals surface area contributed by atoms with E-state index in [9.17, 15) is 27.6 Å². The zero-order chi connectivity index (χ0) is 29.0. The van der Waals surface area contributed by atoms with Gasteiger partial charge in [0, 0.05) is 6.92 Å². The highest BCUT2D eigenvalue weighted by molar-refractivity contribution is 5.92. The lowest BCUT2D eigenvalue weighted by atomic mass is 9.97. The number of nitrogens with zero attached hydrogens (tertiary/aromatic N) is 1. The van der Waals surface area contributed by atoms with E-state index >= 15 is 0 Å². The van der Waals surface area contributed by atoms with Crippen LogP contribution in [0.5, 0.6) is 17.2 Å². The van der Waals surface area contributed by atoms with E-state index in [0.29, 0.717) is 27.0 Å². The smallest absolute Gasteiger partial charge is 0.573 e. The maximum atomic E-state index is 14.7. The summed E-state index contributed by atoms with van der Waals surface area (Å²) in [7, 11) is 1.27. The van der Waals surface area contributed by atoms with E-state index < -0.39 is 25.1 Å². The van der Waals surface area contributed by atoms with Crippen molar-refractivity contribution in [2.45, 2.75) is 20.2 Å². The van der Waals surface area contributed by atoms with Crippen LogP contribution in [-0.4, -0.2) is 33.0 Å². The molecule has 0 saturated carbocycles. The number of carbonyl (C=O) groups excluding carboxylic acids is 1. The zero-order valence-corrected chi connectivity index (χ0v) is 21.5. The Labute approximate surface area is 225 Å². The van der Waals surface area contributed by atoms with Crippen LogP contribution >= 0.6 is 0 Å².